The van der Waals surface area contributed by atoms with E-state index in [0.29, 0.717) is 6.54 Å². The average molecular weight is 504 g/mol. The smallest absolute Gasteiger partial charge is 0.254 e. The summed E-state index contributed by atoms with van der Waals surface area (Å²) in [6.07, 6.45) is 7.51. The number of carbonyl (C=O) groups excluding carboxylic acids is 1. The molecule has 0 bridgehead atoms. The van der Waals surface area contributed by atoms with E-state index < -0.39 is 5.72 Å². The Kier molecular flexibility index (Phi) is 6.45. The maximum Gasteiger partial charge on any atom is 0.254 e. The van der Waals surface area contributed by atoms with Gasteiger partial charge in [0, 0.05) is 32.3 Å². The third-order valence-corrected chi connectivity index (χ3v) is 6.91. The fourth-order valence-corrected chi connectivity index (χ4v) is 4.89. The second-order valence-corrected chi connectivity index (χ2v) is 9.45. The number of likely N-dealkylation sites (N-methyl/N-ethyl adjacent to an activating group) is 1. The van der Waals surface area contributed by atoms with Crippen molar-refractivity contribution in [3.8, 4) is 11.4 Å². The van der Waals surface area contributed by atoms with Gasteiger partial charge >= 0.3 is 0 Å². The summed E-state index contributed by atoms with van der Waals surface area (Å²) in [4.78, 5) is 26.3. The number of rotatable bonds is 6. The molecular formula is C28H30FN5O3. The number of ether oxygens (including phenoxy) is 1. The molecule has 0 spiro atoms. The van der Waals surface area contributed by atoms with Crippen LogP contribution < -0.4 is 4.74 Å². The molecule has 0 N–H and O–H groups in total. The van der Waals surface area contributed by atoms with Gasteiger partial charge in [-0.25, -0.2) is 9.37 Å². The van der Waals surface area contributed by atoms with Gasteiger partial charge in [0.05, 0.1) is 31.4 Å². The molecule has 1 aromatic heterocycles. The number of nitrogens with zero attached hydrogens (tertiary/aromatic N) is 5. The van der Waals surface area contributed by atoms with Crippen molar-refractivity contribution in [2.45, 2.75) is 32.4 Å². The van der Waals surface area contributed by atoms with Crippen LogP contribution in [0.3, 0.4) is 0 Å². The van der Waals surface area contributed by atoms with Crippen molar-refractivity contribution < 1.29 is 18.8 Å². The lowest BCUT2D eigenvalue weighted by Crippen LogP contribution is -2.55. The quantitative estimate of drug-likeness (QED) is 0.496. The Bertz CT molecular complexity index is 1380. The van der Waals surface area contributed by atoms with Crippen molar-refractivity contribution in [2.75, 3.05) is 27.2 Å². The van der Waals surface area contributed by atoms with Gasteiger partial charge in [-0.1, -0.05) is 11.2 Å². The Balaban J connectivity index is 1.50. The molecule has 192 valence electrons. The standard InChI is InChI=1S/C28H30FN5O3/c1-19-16-33(18-30-19)25-12-7-21(15-26(25)36-4)14-22-6-5-13-34-27(22)31-37-28(34,17-32(3)20(2)35)23-8-10-24(29)11-9-23/h7-12,14-16,18H,5-6,13,17H2,1-4H3/t28-/m1/s1. The number of amidine groups is 1. The molecule has 0 unspecified atom stereocenters. The highest BCUT2D eigenvalue weighted by Gasteiger charge is 2.50. The number of fused-ring (bicyclic) bond motifs is 1. The van der Waals surface area contributed by atoms with E-state index in [4.69, 9.17) is 9.57 Å². The maximum atomic E-state index is 13.8. The molecule has 0 saturated carbocycles. The number of benzene rings is 2. The Labute approximate surface area is 215 Å². The predicted molar refractivity (Wildman–Crippen MR) is 139 cm³/mol. The van der Waals surface area contributed by atoms with Crippen LogP contribution in [0, 0.1) is 12.7 Å². The topological polar surface area (TPSA) is 72.2 Å². The Hall–Kier alpha value is -4.14. The molecule has 2 aromatic carbocycles. The van der Waals surface area contributed by atoms with Gasteiger partial charge in [-0.15, -0.1) is 0 Å². The summed E-state index contributed by atoms with van der Waals surface area (Å²) < 4.78 is 21.4. The number of imidazole rings is 1. The Morgan fingerprint density at radius 3 is 2.73 bits per heavy atom. The zero-order valence-electron chi connectivity index (χ0n) is 21.4. The first-order chi connectivity index (χ1) is 17.8. The highest BCUT2D eigenvalue weighted by Crippen LogP contribution is 2.41. The monoisotopic (exact) mass is 503 g/mol. The lowest BCUT2D eigenvalue weighted by molar-refractivity contribution is -0.145. The minimum atomic E-state index is -1.04. The fourth-order valence-electron chi connectivity index (χ4n) is 4.89. The van der Waals surface area contributed by atoms with Crippen LogP contribution in [-0.4, -0.2) is 58.3 Å². The van der Waals surface area contributed by atoms with Crippen molar-refractivity contribution in [3.63, 3.8) is 0 Å². The second-order valence-electron chi connectivity index (χ2n) is 9.45. The van der Waals surface area contributed by atoms with E-state index in [1.54, 1.807) is 37.5 Å². The van der Waals surface area contributed by atoms with Crippen LogP contribution >= 0.6 is 0 Å². The molecule has 1 amide bonds. The van der Waals surface area contributed by atoms with E-state index in [-0.39, 0.29) is 18.3 Å². The van der Waals surface area contributed by atoms with Crippen LogP contribution in [0.15, 0.2) is 65.7 Å². The third kappa shape index (κ3) is 4.57. The van der Waals surface area contributed by atoms with Crippen LogP contribution in [0.25, 0.3) is 11.8 Å². The average Bonchev–Trinajstić information content (AvgIpc) is 3.49. The summed E-state index contributed by atoms with van der Waals surface area (Å²) in [7, 11) is 3.38. The van der Waals surface area contributed by atoms with Crippen molar-refractivity contribution in [3.05, 3.63) is 83.2 Å². The van der Waals surface area contributed by atoms with E-state index >= 15 is 0 Å². The van der Waals surface area contributed by atoms with Crippen LogP contribution in [-0.2, 0) is 15.4 Å². The SMILES string of the molecule is COc1cc(C=C2CCCN3C2=NO[C@]3(CN(C)C(C)=O)c2ccc(F)cc2)ccc1-n1cnc(C)c1. The minimum Gasteiger partial charge on any atom is -0.495 e. The second kappa shape index (κ2) is 9.72. The van der Waals surface area contributed by atoms with Gasteiger partial charge in [0.2, 0.25) is 5.91 Å². The van der Waals surface area contributed by atoms with Gasteiger partial charge in [0.25, 0.3) is 5.72 Å². The zero-order valence-corrected chi connectivity index (χ0v) is 21.4. The third-order valence-electron chi connectivity index (χ3n) is 6.91. The van der Waals surface area contributed by atoms with Crippen LogP contribution in [0.4, 0.5) is 4.39 Å². The number of oxime groups is 1. The summed E-state index contributed by atoms with van der Waals surface area (Å²) in [5.74, 6) is 1.03. The molecule has 2 aliphatic heterocycles. The van der Waals surface area contributed by atoms with Gasteiger partial charge in [-0.05, 0) is 73.4 Å². The lowest BCUT2D eigenvalue weighted by Gasteiger charge is -2.41. The zero-order chi connectivity index (χ0) is 26.2. The van der Waals surface area contributed by atoms with Crippen LogP contribution in [0.2, 0.25) is 0 Å². The van der Waals surface area contributed by atoms with E-state index in [9.17, 15) is 9.18 Å². The molecule has 3 heterocycles. The number of methoxy groups -OCH3 is 1. The summed E-state index contributed by atoms with van der Waals surface area (Å²) in [6, 6.07) is 12.2. The maximum absolute atomic E-state index is 13.8. The molecule has 0 aliphatic carbocycles. The molecule has 8 nitrogen and oxygen atoms in total. The Morgan fingerprint density at radius 1 is 1.27 bits per heavy atom. The number of aromatic nitrogens is 2. The predicted octanol–water partition coefficient (Wildman–Crippen LogP) is 4.48. The van der Waals surface area contributed by atoms with Crippen molar-refractivity contribution in [1.82, 2.24) is 19.4 Å². The highest BCUT2D eigenvalue weighted by atomic mass is 19.1. The summed E-state index contributed by atoms with van der Waals surface area (Å²) in [5, 5.41) is 4.51. The summed E-state index contributed by atoms with van der Waals surface area (Å²) in [5.41, 5.74) is 3.52. The first-order valence-corrected chi connectivity index (χ1v) is 12.2. The largest absolute Gasteiger partial charge is 0.495 e. The van der Waals surface area contributed by atoms with Gasteiger partial charge in [0.15, 0.2) is 5.84 Å². The fraction of sp³-hybridized carbons (Fsp3) is 0.321. The number of amides is 1. The number of hydrogen-bond donors (Lipinski definition) is 0. The first kappa shape index (κ1) is 24.5. The number of aryl methyl sites for hydroxylation is 1. The van der Waals surface area contributed by atoms with Crippen molar-refractivity contribution in [2.24, 2.45) is 5.16 Å². The lowest BCUT2D eigenvalue weighted by atomic mass is 9.94. The molecule has 1 atom stereocenters. The van der Waals surface area contributed by atoms with E-state index in [1.807, 2.05) is 35.9 Å². The molecular weight excluding hydrogens is 473 g/mol. The highest BCUT2D eigenvalue weighted by molar-refractivity contribution is 6.03. The molecule has 0 radical (unpaired) electrons. The molecule has 3 aromatic rings. The number of piperidine rings is 1. The number of hydrogen-bond acceptors (Lipinski definition) is 6. The van der Waals surface area contributed by atoms with E-state index in [1.165, 1.54) is 19.1 Å². The molecule has 2 aliphatic rings. The molecule has 1 fully saturated rings. The number of halogens is 1. The van der Waals surface area contributed by atoms with Gasteiger partial charge in [-0.3, -0.25) is 4.79 Å². The van der Waals surface area contributed by atoms with Gasteiger partial charge in [0.1, 0.15) is 11.6 Å². The van der Waals surface area contributed by atoms with Crippen LogP contribution in [0.1, 0.15) is 36.6 Å². The van der Waals surface area contributed by atoms with Gasteiger partial charge < -0.3 is 23.9 Å². The first-order valence-electron chi connectivity index (χ1n) is 12.2. The van der Waals surface area contributed by atoms with Crippen molar-refractivity contribution in [1.29, 1.82) is 0 Å². The number of carbonyl (C=O) groups is 1. The van der Waals surface area contributed by atoms with Crippen LogP contribution in [0.5, 0.6) is 5.75 Å². The van der Waals surface area contributed by atoms with E-state index in [0.717, 1.165) is 52.5 Å². The summed E-state index contributed by atoms with van der Waals surface area (Å²) in [6.45, 7) is 4.41. The normalized spacial score (nSPS) is 19.9. The minimum absolute atomic E-state index is 0.0911. The van der Waals surface area contributed by atoms with Crippen molar-refractivity contribution >= 4 is 17.8 Å². The molecule has 1 saturated heterocycles. The van der Waals surface area contributed by atoms with E-state index in [2.05, 4.69) is 21.1 Å². The summed E-state index contributed by atoms with van der Waals surface area (Å²) >= 11 is 0. The Morgan fingerprint density at radius 2 is 2.05 bits per heavy atom. The van der Waals surface area contributed by atoms with Gasteiger partial charge in [-0.2, -0.15) is 0 Å². The molecule has 5 rings (SSSR count). The molecule has 9 heteroatoms. The molecule has 37 heavy (non-hydrogen) atoms.